The van der Waals surface area contributed by atoms with E-state index in [2.05, 4.69) is 0 Å². The lowest BCUT2D eigenvalue weighted by atomic mass is 9.80. The van der Waals surface area contributed by atoms with Gasteiger partial charge in [0.15, 0.2) is 23.1 Å². The molecule has 4 aliphatic rings. The fourth-order valence-electron chi connectivity index (χ4n) is 9.12. The van der Waals surface area contributed by atoms with Crippen LogP contribution in [0.5, 0.6) is 0 Å². The van der Waals surface area contributed by atoms with Crippen molar-refractivity contribution in [2.45, 2.75) is 83.6 Å². The van der Waals surface area contributed by atoms with Crippen LogP contribution in [-0.4, -0.2) is 65.3 Å². The van der Waals surface area contributed by atoms with Crippen molar-refractivity contribution in [3.63, 3.8) is 0 Å². The Morgan fingerprint density at radius 1 is 0.679 bits per heavy atom. The summed E-state index contributed by atoms with van der Waals surface area (Å²) in [5, 5.41) is 0. The number of fused-ring (bicyclic) bond motifs is 1. The molecule has 7 rings (SSSR count). The minimum Gasteiger partial charge on any atom is -0.461 e. The molecule has 3 aromatic carbocycles. The molecule has 10 nitrogen and oxygen atoms in total. The second kappa shape index (κ2) is 13.4. The highest BCUT2D eigenvalue weighted by Crippen LogP contribution is 2.69. The number of benzene rings is 3. The number of esters is 4. The summed E-state index contributed by atoms with van der Waals surface area (Å²) < 4.78 is 31.5. The Bertz CT molecular complexity index is 1960. The van der Waals surface area contributed by atoms with Crippen LogP contribution in [0.2, 0.25) is 0 Å². The molecule has 0 aromatic heterocycles. The molecular formula is C43H44O10. The molecule has 1 aliphatic heterocycles. The first-order valence-electron chi connectivity index (χ1n) is 18.1. The molecule has 10 heteroatoms. The van der Waals surface area contributed by atoms with Crippen molar-refractivity contribution >= 4 is 29.7 Å². The standard InChI is InChI=1S/C43H44O10/c1-24-22-43-37(52-40(48)30-20-14-9-15-21-30)25(2)23-42(43,53-43)36(45)26(3)34(49-27(4)44)31-32(41(31,5)6)35(51-39(47)29-18-12-8-13-19-29)33(24)50-38(46)28-16-10-7-11-17-28/h7-22,25-26,31-35,37H,23H2,1-6H3/b24-22-. The predicted octanol–water partition coefficient (Wildman–Crippen LogP) is 6.58. The second-order valence-electron chi connectivity index (χ2n) is 15.5. The average molecular weight is 721 g/mol. The predicted molar refractivity (Wildman–Crippen MR) is 192 cm³/mol. The van der Waals surface area contributed by atoms with Crippen molar-refractivity contribution in [1.82, 2.24) is 0 Å². The Morgan fingerprint density at radius 3 is 1.66 bits per heavy atom. The fraction of sp³-hybridized carbons (Fsp3) is 0.419. The van der Waals surface area contributed by atoms with E-state index in [1.165, 1.54) is 6.92 Å². The summed E-state index contributed by atoms with van der Waals surface area (Å²) in [6.07, 6.45) is -2.14. The van der Waals surface area contributed by atoms with Crippen LogP contribution in [0.15, 0.2) is 103 Å². The van der Waals surface area contributed by atoms with E-state index in [0.717, 1.165) is 0 Å². The van der Waals surface area contributed by atoms with Crippen molar-refractivity contribution in [3.8, 4) is 0 Å². The number of rotatable bonds is 7. The van der Waals surface area contributed by atoms with Gasteiger partial charge in [0.1, 0.15) is 18.3 Å². The van der Waals surface area contributed by atoms with E-state index in [4.69, 9.17) is 23.7 Å². The molecule has 10 unspecified atom stereocenters. The molecule has 3 aromatic rings. The SMILES string of the molecule is CC(=O)OC1C(C)C(=O)C23CC(C)C(OC(=O)c4ccccc4)C2(/C=C(/C)C(OC(=O)c2ccccc2)C(OC(=O)c2ccccc2)C2C1C2(C)C)O3. The number of hydrogen-bond acceptors (Lipinski definition) is 10. The number of ether oxygens (including phenoxy) is 5. The first-order chi connectivity index (χ1) is 25.2. The minimum absolute atomic E-state index is 0.234. The van der Waals surface area contributed by atoms with Gasteiger partial charge in [0, 0.05) is 18.8 Å². The van der Waals surface area contributed by atoms with Gasteiger partial charge >= 0.3 is 23.9 Å². The van der Waals surface area contributed by atoms with E-state index in [1.54, 1.807) is 111 Å². The molecule has 0 amide bonds. The van der Waals surface area contributed by atoms with Crippen LogP contribution in [0.1, 0.15) is 79.0 Å². The van der Waals surface area contributed by atoms with E-state index < -0.39 is 82.7 Å². The lowest BCUT2D eigenvalue weighted by Crippen LogP contribution is -2.43. The normalized spacial score (nSPS) is 34.7. The van der Waals surface area contributed by atoms with Gasteiger partial charge in [-0.3, -0.25) is 9.59 Å². The molecule has 0 bridgehead atoms. The lowest BCUT2D eigenvalue weighted by Gasteiger charge is -2.31. The molecule has 0 radical (unpaired) electrons. The molecule has 276 valence electrons. The fourth-order valence-corrected chi connectivity index (χ4v) is 9.12. The van der Waals surface area contributed by atoms with Gasteiger partial charge in [-0.15, -0.1) is 0 Å². The maximum absolute atomic E-state index is 14.9. The highest BCUT2D eigenvalue weighted by atomic mass is 16.7. The Morgan fingerprint density at radius 2 is 1.15 bits per heavy atom. The first kappa shape index (κ1) is 36.3. The van der Waals surface area contributed by atoms with Gasteiger partial charge in [-0.05, 0) is 72.7 Å². The molecule has 3 fully saturated rings. The van der Waals surface area contributed by atoms with Crippen LogP contribution in [0, 0.1) is 29.1 Å². The number of epoxide rings is 1. The summed E-state index contributed by atoms with van der Waals surface area (Å²) in [6.45, 7) is 10.6. The Kier molecular flexibility index (Phi) is 9.17. The van der Waals surface area contributed by atoms with E-state index >= 15 is 0 Å². The smallest absolute Gasteiger partial charge is 0.338 e. The summed E-state index contributed by atoms with van der Waals surface area (Å²) in [7, 11) is 0. The maximum Gasteiger partial charge on any atom is 0.338 e. The third-order valence-corrected chi connectivity index (χ3v) is 11.7. The molecule has 1 heterocycles. The molecular weight excluding hydrogens is 676 g/mol. The van der Waals surface area contributed by atoms with Gasteiger partial charge in [-0.1, -0.05) is 82.3 Å². The Balaban J connectivity index is 1.39. The monoisotopic (exact) mass is 720 g/mol. The van der Waals surface area contributed by atoms with E-state index in [9.17, 15) is 24.0 Å². The Labute approximate surface area is 308 Å². The minimum atomic E-state index is -1.44. The van der Waals surface area contributed by atoms with Gasteiger partial charge in [0.05, 0.1) is 22.6 Å². The molecule has 0 N–H and O–H groups in total. The number of hydrogen-bond donors (Lipinski definition) is 0. The quantitative estimate of drug-likeness (QED) is 0.114. The third-order valence-electron chi connectivity index (χ3n) is 11.7. The lowest BCUT2D eigenvalue weighted by molar-refractivity contribution is -0.154. The van der Waals surface area contributed by atoms with Crippen LogP contribution in [-0.2, 0) is 33.3 Å². The summed E-state index contributed by atoms with van der Waals surface area (Å²) in [5.74, 6) is -4.87. The second-order valence-corrected chi connectivity index (χ2v) is 15.5. The van der Waals surface area contributed by atoms with E-state index in [-0.39, 0.29) is 23.7 Å². The maximum atomic E-state index is 14.9. The van der Waals surface area contributed by atoms with Crippen LogP contribution < -0.4 is 0 Å². The van der Waals surface area contributed by atoms with Gasteiger partial charge < -0.3 is 23.7 Å². The van der Waals surface area contributed by atoms with Crippen LogP contribution in [0.3, 0.4) is 0 Å². The first-order valence-corrected chi connectivity index (χ1v) is 18.1. The number of carbonyl (C=O) groups excluding carboxylic acids is 5. The van der Waals surface area contributed by atoms with Gasteiger partial charge in [-0.2, -0.15) is 0 Å². The van der Waals surface area contributed by atoms with E-state index in [0.29, 0.717) is 16.7 Å². The van der Waals surface area contributed by atoms with Crippen LogP contribution >= 0.6 is 0 Å². The molecule has 1 saturated heterocycles. The molecule has 2 saturated carbocycles. The molecule has 3 aliphatic carbocycles. The van der Waals surface area contributed by atoms with Gasteiger partial charge in [0.2, 0.25) is 0 Å². The van der Waals surface area contributed by atoms with Crippen LogP contribution in [0.4, 0.5) is 0 Å². The topological polar surface area (TPSA) is 135 Å². The van der Waals surface area contributed by atoms with Crippen molar-refractivity contribution in [3.05, 3.63) is 119 Å². The zero-order valence-electron chi connectivity index (χ0n) is 30.6. The highest BCUT2D eigenvalue weighted by Gasteiger charge is 2.84. The number of ketones is 1. The van der Waals surface area contributed by atoms with Crippen molar-refractivity contribution in [1.29, 1.82) is 0 Å². The summed E-state index contributed by atoms with van der Waals surface area (Å²) >= 11 is 0. The molecule has 10 atom stereocenters. The van der Waals surface area contributed by atoms with Gasteiger partial charge in [0.25, 0.3) is 0 Å². The summed E-state index contributed by atoms with van der Waals surface area (Å²) in [6, 6.07) is 25.5. The van der Waals surface area contributed by atoms with Crippen molar-refractivity contribution in [2.75, 3.05) is 0 Å². The number of carbonyl (C=O) groups is 5. The van der Waals surface area contributed by atoms with Gasteiger partial charge in [-0.25, -0.2) is 14.4 Å². The van der Waals surface area contributed by atoms with E-state index in [1.807, 2.05) is 20.8 Å². The molecule has 0 spiro atoms. The summed E-state index contributed by atoms with van der Waals surface area (Å²) in [4.78, 5) is 68.9. The average Bonchev–Trinajstić information content (AvgIpc) is 3.94. The number of Topliss-reactive ketones (excluding diaryl/α,β-unsaturated/α-hetero) is 1. The van der Waals surface area contributed by atoms with Crippen molar-refractivity contribution in [2.24, 2.45) is 29.1 Å². The largest absolute Gasteiger partial charge is 0.461 e. The zero-order chi connectivity index (χ0) is 37.9. The van der Waals surface area contributed by atoms with Crippen LogP contribution in [0.25, 0.3) is 0 Å². The highest BCUT2D eigenvalue weighted by molar-refractivity contribution is 5.97. The Hall–Kier alpha value is -5.09. The third kappa shape index (κ3) is 6.16. The zero-order valence-corrected chi connectivity index (χ0v) is 30.6. The van der Waals surface area contributed by atoms with Crippen molar-refractivity contribution < 1.29 is 47.7 Å². The molecule has 53 heavy (non-hydrogen) atoms. The summed E-state index contributed by atoms with van der Waals surface area (Å²) in [5.41, 5.74) is -2.12.